The Hall–Kier alpha value is -2.36. The van der Waals surface area contributed by atoms with Gasteiger partial charge in [-0.05, 0) is 24.6 Å². The Labute approximate surface area is 97.7 Å². The van der Waals surface area contributed by atoms with Gasteiger partial charge in [0.15, 0.2) is 18.0 Å². The van der Waals surface area contributed by atoms with E-state index in [1.54, 1.807) is 12.1 Å². The third kappa shape index (κ3) is 1.73. The molecule has 0 unspecified atom stereocenters. The maximum absolute atomic E-state index is 10.9. The Morgan fingerprint density at radius 3 is 2.71 bits per heavy atom. The standard InChI is InChI=1S/C13H10N2O2/c1-9-2-3-12-11(8-9)14-13(17-12)10-4-6-15(16)7-5-10/h2-8H,1H3. The monoisotopic (exact) mass is 226 g/mol. The summed E-state index contributed by atoms with van der Waals surface area (Å²) in [5.41, 5.74) is 3.53. The lowest BCUT2D eigenvalue weighted by molar-refractivity contribution is -0.605. The summed E-state index contributed by atoms with van der Waals surface area (Å²) in [4.78, 5) is 4.40. The smallest absolute Gasteiger partial charge is 0.227 e. The Bertz CT molecular complexity index is 671. The van der Waals surface area contributed by atoms with Gasteiger partial charge in [0.1, 0.15) is 5.52 Å². The average molecular weight is 226 g/mol. The zero-order valence-electron chi connectivity index (χ0n) is 9.25. The van der Waals surface area contributed by atoms with Crippen LogP contribution in [0.1, 0.15) is 5.56 Å². The second kappa shape index (κ2) is 3.59. The summed E-state index contributed by atoms with van der Waals surface area (Å²) < 4.78 is 6.36. The van der Waals surface area contributed by atoms with Gasteiger partial charge in [-0.1, -0.05) is 6.07 Å². The molecule has 2 heterocycles. The number of oxazole rings is 1. The molecule has 0 bridgehead atoms. The highest BCUT2D eigenvalue weighted by Gasteiger charge is 2.08. The zero-order chi connectivity index (χ0) is 11.8. The number of aryl methyl sites for hydroxylation is 1. The molecule has 4 nitrogen and oxygen atoms in total. The van der Waals surface area contributed by atoms with Crippen molar-refractivity contribution < 1.29 is 9.15 Å². The van der Waals surface area contributed by atoms with Crippen LogP contribution >= 0.6 is 0 Å². The maximum Gasteiger partial charge on any atom is 0.227 e. The molecule has 84 valence electrons. The Balaban J connectivity index is 2.14. The van der Waals surface area contributed by atoms with E-state index in [2.05, 4.69) is 4.98 Å². The fourth-order valence-corrected chi connectivity index (χ4v) is 1.72. The van der Waals surface area contributed by atoms with Crippen LogP contribution in [-0.2, 0) is 0 Å². The molecule has 3 aromatic rings. The number of nitrogens with zero attached hydrogens (tertiary/aromatic N) is 2. The summed E-state index contributed by atoms with van der Waals surface area (Å²) >= 11 is 0. The van der Waals surface area contributed by atoms with Crippen molar-refractivity contribution in [3.8, 4) is 11.5 Å². The average Bonchev–Trinajstić information content (AvgIpc) is 2.72. The van der Waals surface area contributed by atoms with Crippen LogP contribution in [0, 0.1) is 12.1 Å². The largest absolute Gasteiger partial charge is 0.619 e. The van der Waals surface area contributed by atoms with Crippen molar-refractivity contribution in [3.63, 3.8) is 0 Å². The number of pyridine rings is 1. The van der Waals surface area contributed by atoms with Gasteiger partial charge in [-0.25, -0.2) is 4.98 Å². The molecular weight excluding hydrogens is 216 g/mol. The van der Waals surface area contributed by atoms with Crippen molar-refractivity contribution in [2.75, 3.05) is 0 Å². The fourth-order valence-electron chi connectivity index (χ4n) is 1.72. The molecule has 0 saturated heterocycles. The highest BCUT2D eigenvalue weighted by Crippen LogP contribution is 2.23. The molecule has 17 heavy (non-hydrogen) atoms. The number of fused-ring (bicyclic) bond motifs is 1. The van der Waals surface area contributed by atoms with Gasteiger partial charge in [-0.15, -0.1) is 0 Å². The Kier molecular flexibility index (Phi) is 2.08. The Morgan fingerprint density at radius 1 is 1.18 bits per heavy atom. The van der Waals surface area contributed by atoms with Crippen LogP contribution in [0.4, 0.5) is 0 Å². The normalized spacial score (nSPS) is 10.9. The van der Waals surface area contributed by atoms with E-state index in [-0.39, 0.29) is 0 Å². The topological polar surface area (TPSA) is 53.0 Å². The number of rotatable bonds is 1. The summed E-state index contributed by atoms with van der Waals surface area (Å²) in [6.07, 6.45) is 2.85. The molecule has 0 atom stereocenters. The van der Waals surface area contributed by atoms with E-state index in [9.17, 15) is 5.21 Å². The minimum atomic E-state index is 0.534. The minimum Gasteiger partial charge on any atom is -0.619 e. The van der Waals surface area contributed by atoms with Crippen LogP contribution in [0.3, 0.4) is 0 Å². The summed E-state index contributed by atoms with van der Waals surface area (Å²) in [6.45, 7) is 2.01. The molecule has 2 aromatic heterocycles. The number of benzene rings is 1. The molecule has 0 amide bonds. The van der Waals surface area contributed by atoms with Crippen LogP contribution < -0.4 is 4.73 Å². The molecule has 0 N–H and O–H groups in total. The van der Waals surface area contributed by atoms with Crippen LogP contribution in [0.15, 0.2) is 47.1 Å². The quantitative estimate of drug-likeness (QED) is 0.473. The lowest BCUT2D eigenvalue weighted by Crippen LogP contribution is -2.23. The lowest BCUT2D eigenvalue weighted by Gasteiger charge is -1.95. The van der Waals surface area contributed by atoms with Crippen LogP contribution in [-0.4, -0.2) is 4.98 Å². The molecule has 3 rings (SSSR count). The molecule has 0 radical (unpaired) electrons. The minimum absolute atomic E-state index is 0.534. The first-order valence-corrected chi connectivity index (χ1v) is 5.29. The van der Waals surface area contributed by atoms with Crippen LogP contribution in [0.5, 0.6) is 0 Å². The van der Waals surface area contributed by atoms with Gasteiger partial charge in [-0.2, -0.15) is 4.73 Å². The third-order valence-corrected chi connectivity index (χ3v) is 2.59. The molecule has 0 saturated carbocycles. The highest BCUT2D eigenvalue weighted by molar-refractivity contribution is 5.76. The van der Waals surface area contributed by atoms with Crippen molar-refractivity contribution in [2.45, 2.75) is 6.92 Å². The first-order valence-electron chi connectivity index (χ1n) is 5.29. The SMILES string of the molecule is Cc1ccc2oc(-c3cc[n+]([O-])cc3)nc2c1. The van der Waals surface area contributed by atoms with E-state index in [1.807, 2.05) is 25.1 Å². The van der Waals surface area contributed by atoms with Gasteiger partial charge in [0.05, 0.1) is 0 Å². The van der Waals surface area contributed by atoms with Crippen LogP contribution in [0.2, 0.25) is 0 Å². The van der Waals surface area contributed by atoms with Gasteiger partial charge in [0.2, 0.25) is 5.89 Å². The van der Waals surface area contributed by atoms with Gasteiger partial charge in [0.25, 0.3) is 0 Å². The van der Waals surface area contributed by atoms with E-state index in [1.165, 1.54) is 12.4 Å². The van der Waals surface area contributed by atoms with E-state index in [0.717, 1.165) is 27.0 Å². The van der Waals surface area contributed by atoms with Crippen molar-refractivity contribution in [1.29, 1.82) is 0 Å². The first kappa shape index (κ1) is 9.84. The molecule has 0 spiro atoms. The molecule has 0 aliphatic carbocycles. The van der Waals surface area contributed by atoms with Gasteiger partial charge < -0.3 is 9.62 Å². The van der Waals surface area contributed by atoms with Gasteiger partial charge in [-0.3, -0.25) is 0 Å². The van der Waals surface area contributed by atoms with Gasteiger partial charge in [0, 0.05) is 17.7 Å². The number of hydrogen-bond donors (Lipinski definition) is 0. The number of aromatic nitrogens is 2. The molecule has 0 aliphatic heterocycles. The second-order valence-corrected chi connectivity index (χ2v) is 3.94. The Morgan fingerprint density at radius 2 is 1.94 bits per heavy atom. The van der Waals surface area contributed by atoms with Crippen molar-refractivity contribution in [2.24, 2.45) is 0 Å². The predicted octanol–water partition coefficient (Wildman–Crippen LogP) is 2.44. The number of hydrogen-bond acceptors (Lipinski definition) is 3. The van der Waals surface area contributed by atoms with Crippen molar-refractivity contribution in [3.05, 3.63) is 53.5 Å². The lowest BCUT2D eigenvalue weighted by atomic mass is 10.2. The van der Waals surface area contributed by atoms with Gasteiger partial charge >= 0.3 is 0 Å². The van der Waals surface area contributed by atoms with Crippen molar-refractivity contribution >= 4 is 11.1 Å². The molecular formula is C13H10N2O2. The summed E-state index contributed by atoms with van der Waals surface area (Å²) in [5.74, 6) is 0.534. The summed E-state index contributed by atoms with van der Waals surface area (Å²) in [5, 5.41) is 10.9. The predicted molar refractivity (Wildman–Crippen MR) is 63.1 cm³/mol. The third-order valence-electron chi connectivity index (χ3n) is 2.59. The second-order valence-electron chi connectivity index (χ2n) is 3.94. The summed E-state index contributed by atoms with van der Waals surface area (Å²) in [6, 6.07) is 9.22. The summed E-state index contributed by atoms with van der Waals surface area (Å²) in [7, 11) is 0. The molecule has 0 aliphatic rings. The highest BCUT2D eigenvalue weighted by atomic mass is 16.5. The molecule has 4 heteroatoms. The van der Waals surface area contributed by atoms with Crippen molar-refractivity contribution in [1.82, 2.24) is 4.98 Å². The van der Waals surface area contributed by atoms with E-state index >= 15 is 0 Å². The fraction of sp³-hybridized carbons (Fsp3) is 0.0769. The van der Waals surface area contributed by atoms with E-state index in [4.69, 9.17) is 4.42 Å². The maximum atomic E-state index is 10.9. The first-order chi connectivity index (χ1) is 8.22. The molecule has 0 fully saturated rings. The van der Waals surface area contributed by atoms with E-state index in [0.29, 0.717) is 5.89 Å². The van der Waals surface area contributed by atoms with E-state index < -0.39 is 0 Å². The molecule has 1 aromatic carbocycles. The van der Waals surface area contributed by atoms with Crippen LogP contribution in [0.25, 0.3) is 22.6 Å². The zero-order valence-corrected chi connectivity index (χ0v) is 9.25.